The molecule has 0 spiro atoms. The van der Waals surface area contributed by atoms with E-state index in [0.29, 0.717) is 30.5 Å². The van der Waals surface area contributed by atoms with E-state index in [1.54, 1.807) is 6.20 Å². The summed E-state index contributed by atoms with van der Waals surface area (Å²) in [6.07, 6.45) is 6.00. The fourth-order valence-corrected chi connectivity index (χ4v) is 3.66. The summed E-state index contributed by atoms with van der Waals surface area (Å²) in [6, 6.07) is 0.234. The first-order valence-corrected chi connectivity index (χ1v) is 9.09. The zero-order chi connectivity index (χ0) is 17.8. The summed E-state index contributed by atoms with van der Waals surface area (Å²) in [7, 11) is 0. The van der Waals surface area contributed by atoms with Crippen LogP contribution in [0.4, 0.5) is 17.5 Å². The van der Waals surface area contributed by atoms with Gasteiger partial charge < -0.3 is 16.8 Å². The Kier molecular flexibility index (Phi) is 5.39. The molecule has 0 amide bonds. The van der Waals surface area contributed by atoms with Crippen LogP contribution in [-0.2, 0) is 13.0 Å². The van der Waals surface area contributed by atoms with Gasteiger partial charge in [-0.15, -0.1) is 11.3 Å². The Morgan fingerprint density at radius 1 is 1.32 bits per heavy atom. The predicted octanol–water partition coefficient (Wildman–Crippen LogP) is 2.10. The molecule has 2 aromatic rings. The smallest absolute Gasteiger partial charge is 0.332 e. The second-order valence-corrected chi connectivity index (χ2v) is 7.23. The van der Waals surface area contributed by atoms with Gasteiger partial charge in [0.2, 0.25) is 11.8 Å². The lowest BCUT2D eigenvalue weighted by Gasteiger charge is -2.25. The molecule has 0 unspecified atom stereocenters. The molecule has 134 valence electrons. The molecule has 9 nitrogen and oxygen atoms in total. The van der Waals surface area contributed by atoms with Crippen LogP contribution >= 0.6 is 11.3 Å². The average Bonchev–Trinajstić information content (AvgIpc) is 3.08. The first-order valence-electron chi connectivity index (χ1n) is 8.21. The van der Waals surface area contributed by atoms with E-state index in [-0.39, 0.29) is 17.5 Å². The number of anilines is 2. The first-order chi connectivity index (χ1) is 12.0. The van der Waals surface area contributed by atoms with Crippen molar-refractivity contribution in [3.8, 4) is 0 Å². The molecule has 2 heterocycles. The van der Waals surface area contributed by atoms with Crippen LogP contribution in [0.2, 0.25) is 0 Å². The van der Waals surface area contributed by atoms with E-state index in [0.717, 1.165) is 30.7 Å². The Hall–Kier alpha value is -2.33. The van der Waals surface area contributed by atoms with Crippen molar-refractivity contribution >= 4 is 28.8 Å². The highest BCUT2D eigenvalue weighted by atomic mass is 32.1. The molecule has 0 bridgehead atoms. The van der Waals surface area contributed by atoms with Gasteiger partial charge in [-0.1, -0.05) is 0 Å². The molecule has 0 radical (unpaired) electrons. The SMILES string of the molecule is Nc1nc(NCc2nccs2)nc(C[C@H]2CC[C@H](N)CC2)c1[N+](=O)[O-]. The Balaban J connectivity index is 1.79. The summed E-state index contributed by atoms with van der Waals surface area (Å²) in [4.78, 5) is 23.5. The minimum atomic E-state index is -0.496. The van der Waals surface area contributed by atoms with Crippen LogP contribution in [0.5, 0.6) is 0 Å². The molecular weight excluding hydrogens is 342 g/mol. The van der Waals surface area contributed by atoms with Crippen molar-refractivity contribution < 1.29 is 4.92 Å². The van der Waals surface area contributed by atoms with Gasteiger partial charge in [0, 0.05) is 17.6 Å². The average molecular weight is 363 g/mol. The molecule has 1 aliphatic rings. The standard InChI is InChI=1S/C15H21N7O2S/c16-10-3-1-9(2-4-10)7-11-13(22(23)24)14(17)21-15(20-11)19-8-12-18-5-6-25-12/h5-6,9-10H,1-4,7-8,16H2,(H3,17,19,20,21)/t9-,10-. The van der Waals surface area contributed by atoms with Crippen molar-refractivity contribution in [2.24, 2.45) is 11.7 Å². The fourth-order valence-electron chi connectivity index (χ4n) is 3.10. The van der Waals surface area contributed by atoms with Gasteiger partial charge in [-0.05, 0) is 38.0 Å². The lowest BCUT2D eigenvalue weighted by molar-refractivity contribution is -0.385. The highest BCUT2D eigenvalue weighted by molar-refractivity contribution is 7.09. The summed E-state index contributed by atoms with van der Waals surface area (Å²) in [5.74, 6) is 0.518. The van der Waals surface area contributed by atoms with Gasteiger partial charge in [-0.3, -0.25) is 10.1 Å². The van der Waals surface area contributed by atoms with Crippen LogP contribution in [0.25, 0.3) is 0 Å². The van der Waals surface area contributed by atoms with Gasteiger partial charge in [-0.2, -0.15) is 4.98 Å². The predicted molar refractivity (Wildman–Crippen MR) is 96.2 cm³/mol. The van der Waals surface area contributed by atoms with E-state index in [2.05, 4.69) is 20.3 Å². The number of hydrogen-bond donors (Lipinski definition) is 3. The summed E-state index contributed by atoms with van der Waals surface area (Å²) >= 11 is 1.51. The summed E-state index contributed by atoms with van der Waals surface area (Å²) < 4.78 is 0. The normalized spacial score (nSPS) is 20.4. The second-order valence-electron chi connectivity index (χ2n) is 6.25. The quantitative estimate of drug-likeness (QED) is 0.522. The third kappa shape index (κ3) is 4.40. The lowest BCUT2D eigenvalue weighted by Crippen LogP contribution is -2.27. The number of hydrogen-bond acceptors (Lipinski definition) is 9. The highest BCUT2D eigenvalue weighted by Crippen LogP contribution is 2.31. The van der Waals surface area contributed by atoms with Crippen molar-refractivity contribution in [3.63, 3.8) is 0 Å². The molecule has 1 saturated carbocycles. The van der Waals surface area contributed by atoms with Crippen molar-refractivity contribution in [2.75, 3.05) is 11.1 Å². The molecule has 0 aromatic carbocycles. The van der Waals surface area contributed by atoms with Gasteiger partial charge in [0.15, 0.2) is 0 Å². The minimum absolute atomic E-state index is 0.107. The molecule has 1 aliphatic carbocycles. The number of aromatic nitrogens is 3. The first kappa shape index (κ1) is 17.5. The number of nitro groups is 1. The zero-order valence-electron chi connectivity index (χ0n) is 13.7. The number of nitrogen functional groups attached to an aromatic ring is 1. The number of rotatable bonds is 6. The van der Waals surface area contributed by atoms with Crippen molar-refractivity contribution in [2.45, 2.75) is 44.7 Å². The van der Waals surface area contributed by atoms with Crippen LogP contribution < -0.4 is 16.8 Å². The third-order valence-electron chi connectivity index (χ3n) is 4.42. The summed E-state index contributed by atoms with van der Waals surface area (Å²) in [6.45, 7) is 0.451. The monoisotopic (exact) mass is 363 g/mol. The van der Waals surface area contributed by atoms with Crippen LogP contribution in [0.3, 0.4) is 0 Å². The van der Waals surface area contributed by atoms with Crippen LogP contribution in [-0.4, -0.2) is 25.9 Å². The lowest BCUT2D eigenvalue weighted by atomic mass is 9.83. The number of nitrogens with two attached hydrogens (primary N) is 2. The van der Waals surface area contributed by atoms with Gasteiger partial charge in [-0.25, -0.2) is 9.97 Å². The Morgan fingerprint density at radius 3 is 2.72 bits per heavy atom. The molecule has 3 rings (SSSR count). The number of thiazole rings is 1. The molecule has 0 atom stereocenters. The maximum atomic E-state index is 11.4. The van der Waals surface area contributed by atoms with Crippen LogP contribution in [0.15, 0.2) is 11.6 Å². The maximum Gasteiger partial charge on any atom is 0.332 e. The molecule has 5 N–H and O–H groups in total. The summed E-state index contributed by atoms with van der Waals surface area (Å²) in [5.41, 5.74) is 12.0. The Labute approximate surface area is 149 Å². The second kappa shape index (κ2) is 7.70. The van der Waals surface area contributed by atoms with E-state index < -0.39 is 4.92 Å². The zero-order valence-corrected chi connectivity index (χ0v) is 14.5. The molecule has 25 heavy (non-hydrogen) atoms. The van der Waals surface area contributed by atoms with E-state index in [9.17, 15) is 10.1 Å². The Morgan fingerprint density at radius 2 is 2.08 bits per heavy atom. The van der Waals surface area contributed by atoms with Gasteiger partial charge in [0.05, 0.1) is 11.5 Å². The van der Waals surface area contributed by atoms with Gasteiger partial charge in [0.1, 0.15) is 10.7 Å². The maximum absolute atomic E-state index is 11.4. The fraction of sp³-hybridized carbons (Fsp3) is 0.533. The summed E-state index contributed by atoms with van der Waals surface area (Å²) in [5, 5.41) is 17.2. The number of nitrogens with zero attached hydrogens (tertiary/aromatic N) is 4. The minimum Gasteiger partial charge on any atom is -0.378 e. The van der Waals surface area contributed by atoms with E-state index >= 15 is 0 Å². The van der Waals surface area contributed by atoms with Gasteiger partial charge >= 0.3 is 5.69 Å². The van der Waals surface area contributed by atoms with Crippen LogP contribution in [0, 0.1) is 16.0 Å². The van der Waals surface area contributed by atoms with Gasteiger partial charge in [0.25, 0.3) is 0 Å². The van der Waals surface area contributed by atoms with Crippen molar-refractivity contribution in [3.05, 3.63) is 32.4 Å². The molecule has 0 saturated heterocycles. The molecule has 0 aliphatic heterocycles. The number of nitrogens with one attached hydrogen (secondary N) is 1. The Bertz CT molecular complexity index is 730. The third-order valence-corrected chi connectivity index (χ3v) is 5.20. The van der Waals surface area contributed by atoms with Crippen molar-refractivity contribution in [1.29, 1.82) is 0 Å². The molecular formula is C15H21N7O2S. The van der Waals surface area contributed by atoms with Crippen molar-refractivity contribution in [1.82, 2.24) is 15.0 Å². The molecule has 1 fully saturated rings. The molecule has 2 aromatic heterocycles. The molecule has 10 heteroatoms. The van der Waals surface area contributed by atoms with Crippen LogP contribution in [0.1, 0.15) is 36.4 Å². The van der Waals surface area contributed by atoms with E-state index in [1.165, 1.54) is 11.3 Å². The highest BCUT2D eigenvalue weighted by Gasteiger charge is 2.27. The largest absolute Gasteiger partial charge is 0.378 e. The van der Waals surface area contributed by atoms with E-state index in [4.69, 9.17) is 11.5 Å². The van der Waals surface area contributed by atoms with E-state index in [1.807, 2.05) is 5.38 Å². The topological polar surface area (TPSA) is 146 Å².